The largest absolute Gasteiger partial charge is 0.507 e. The average molecular weight is 417 g/mol. The first-order valence-corrected chi connectivity index (χ1v) is 10.1. The number of amides is 1. The lowest BCUT2D eigenvalue weighted by Crippen LogP contribution is -2.29. The van der Waals surface area contributed by atoms with Gasteiger partial charge in [0.1, 0.15) is 23.3 Å². The highest BCUT2D eigenvalue weighted by Gasteiger charge is 2.47. The van der Waals surface area contributed by atoms with Crippen molar-refractivity contribution in [1.82, 2.24) is 4.90 Å². The molecule has 2 heterocycles. The van der Waals surface area contributed by atoms with Gasteiger partial charge in [0.15, 0.2) is 0 Å². The van der Waals surface area contributed by atoms with Gasteiger partial charge in [0, 0.05) is 12.1 Å². The van der Waals surface area contributed by atoms with E-state index in [1.54, 1.807) is 24.3 Å². The Morgan fingerprint density at radius 1 is 1.06 bits per heavy atom. The number of aliphatic hydroxyl groups excluding tert-OH is 1. The summed E-state index contributed by atoms with van der Waals surface area (Å²) in [5.41, 5.74) is 2.35. The van der Waals surface area contributed by atoms with Crippen LogP contribution in [-0.4, -0.2) is 28.3 Å². The zero-order valence-corrected chi connectivity index (χ0v) is 17.4. The molecule has 4 rings (SSSR count). The van der Waals surface area contributed by atoms with Crippen LogP contribution in [0.25, 0.3) is 5.76 Å². The lowest BCUT2D eigenvalue weighted by atomic mass is 9.98. The predicted octanol–water partition coefficient (Wildman–Crippen LogP) is 4.61. The number of furan rings is 1. The average Bonchev–Trinajstić information content (AvgIpc) is 3.38. The Labute approximate surface area is 180 Å². The molecule has 1 fully saturated rings. The zero-order chi connectivity index (χ0) is 22.0. The molecule has 1 aliphatic rings. The minimum Gasteiger partial charge on any atom is -0.507 e. The van der Waals surface area contributed by atoms with Crippen molar-refractivity contribution in [1.29, 1.82) is 0 Å². The number of rotatable bonds is 6. The highest BCUT2D eigenvalue weighted by Crippen LogP contribution is 2.40. The second-order valence-electron chi connectivity index (χ2n) is 7.39. The number of likely N-dealkylation sites (tertiary alicyclic amines) is 1. The molecule has 0 saturated carbocycles. The fourth-order valence-corrected chi connectivity index (χ4v) is 3.71. The number of nitrogens with zero attached hydrogens (tertiary/aromatic N) is 1. The van der Waals surface area contributed by atoms with E-state index in [1.165, 1.54) is 11.2 Å². The van der Waals surface area contributed by atoms with Gasteiger partial charge in [-0.05, 0) is 43.7 Å². The zero-order valence-electron chi connectivity index (χ0n) is 17.4. The number of aryl methyl sites for hydroxylation is 1. The van der Waals surface area contributed by atoms with Gasteiger partial charge in [0.2, 0.25) is 0 Å². The lowest BCUT2D eigenvalue weighted by molar-refractivity contribution is -0.140. The fourth-order valence-electron chi connectivity index (χ4n) is 3.71. The molecule has 0 bridgehead atoms. The van der Waals surface area contributed by atoms with Crippen molar-refractivity contribution >= 4 is 17.4 Å². The van der Waals surface area contributed by atoms with Crippen LogP contribution >= 0.6 is 0 Å². The first kappa shape index (κ1) is 20.5. The van der Waals surface area contributed by atoms with Gasteiger partial charge in [-0.15, -0.1) is 0 Å². The highest BCUT2D eigenvalue weighted by atomic mass is 16.5. The summed E-state index contributed by atoms with van der Waals surface area (Å²) in [6.07, 6.45) is 1.48. The highest BCUT2D eigenvalue weighted by molar-refractivity contribution is 6.46. The van der Waals surface area contributed by atoms with Crippen molar-refractivity contribution in [3.63, 3.8) is 0 Å². The monoisotopic (exact) mass is 417 g/mol. The third-order valence-corrected chi connectivity index (χ3v) is 5.26. The Hall–Kier alpha value is -3.80. The first-order chi connectivity index (χ1) is 15.0. The number of benzene rings is 2. The van der Waals surface area contributed by atoms with E-state index in [4.69, 9.17) is 9.15 Å². The van der Waals surface area contributed by atoms with Gasteiger partial charge < -0.3 is 19.2 Å². The van der Waals surface area contributed by atoms with Crippen molar-refractivity contribution in [3.8, 4) is 5.75 Å². The molecule has 6 nitrogen and oxygen atoms in total. The molecular formula is C25H23NO5. The first-order valence-electron chi connectivity index (χ1n) is 10.1. The van der Waals surface area contributed by atoms with E-state index < -0.39 is 17.7 Å². The molecule has 3 aromatic rings. The second kappa shape index (κ2) is 8.52. The molecule has 0 aliphatic carbocycles. The van der Waals surface area contributed by atoms with Gasteiger partial charge in [-0.1, -0.05) is 42.0 Å². The van der Waals surface area contributed by atoms with E-state index in [0.717, 1.165) is 16.9 Å². The number of carbonyl (C=O) groups excluding carboxylic acids is 2. The number of Topliss-reactive ketones (excluding diaryl/α,β-unsaturated/α-hetero) is 1. The number of hydrogen-bond donors (Lipinski definition) is 1. The SMILES string of the molecule is CCOc1ccc(CN2C(=O)C(=O)/C(=C(\O)c3ccc(C)cc3)C2c2ccco2)cc1. The molecule has 1 N–H and O–H groups in total. The van der Waals surface area contributed by atoms with Crippen LogP contribution in [0.2, 0.25) is 0 Å². The summed E-state index contributed by atoms with van der Waals surface area (Å²) in [7, 11) is 0. The maximum Gasteiger partial charge on any atom is 0.296 e. The van der Waals surface area contributed by atoms with Crippen molar-refractivity contribution in [2.45, 2.75) is 26.4 Å². The van der Waals surface area contributed by atoms with Crippen molar-refractivity contribution < 1.29 is 23.8 Å². The van der Waals surface area contributed by atoms with Crippen LogP contribution in [0.1, 0.15) is 35.4 Å². The molecule has 1 aliphatic heterocycles. The Bertz CT molecular complexity index is 1110. The Morgan fingerprint density at radius 3 is 2.39 bits per heavy atom. The van der Waals surface area contributed by atoms with Crippen LogP contribution in [0.3, 0.4) is 0 Å². The summed E-state index contributed by atoms with van der Waals surface area (Å²) < 4.78 is 11.0. The topological polar surface area (TPSA) is 80.0 Å². The van der Waals surface area contributed by atoms with Crippen molar-refractivity contribution in [3.05, 3.63) is 95.0 Å². The van der Waals surface area contributed by atoms with E-state index in [2.05, 4.69) is 0 Å². The van der Waals surface area contributed by atoms with Gasteiger partial charge >= 0.3 is 0 Å². The van der Waals surface area contributed by atoms with Gasteiger partial charge in [-0.25, -0.2) is 0 Å². The summed E-state index contributed by atoms with van der Waals surface area (Å²) >= 11 is 0. The standard InChI is InChI=1S/C25H23NO5/c1-3-30-19-12-8-17(9-13-19)15-26-22(20-5-4-14-31-20)21(24(28)25(26)29)23(27)18-10-6-16(2)7-11-18/h4-14,22,27H,3,15H2,1-2H3/b23-21-. The number of hydrogen-bond acceptors (Lipinski definition) is 5. The third kappa shape index (κ3) is 3.97. The van der Waals surface area contributed by atoms with Crippen molar-refractivity contribution in [2.75, 3.05) is 6.61 Å². The Morgan fingerprint density at radius 2 is 1.77 bits per heavy atom. The van der Waals surface area contributed by atoms with Gasteiger partial charge in [-0.2, -0.15) is 0 Å². The Balaban J connectivity index is 1.75. The van der Waals surface area contributed by atoms with Crippen LogP contribution in [0.15, 0.2) is 76.9 Å². The summed E-state index contributed by atoms with van der Waals surface area (Å²) in [6.45, 7) is 4.59. The number of carbonyl (C=O) groups is 2. The summed E-state index contributed by atoms with van der Waals surface area (Å²) in [6, 6.07) is 17.1. The van der Waals surface area contributed by atoms with Crippen LogP contribution in [0, 0.1) is 6.92 Å². The quantitative estimate of drug-likeness (QED) is 0.360. The fraction of sp³-hybridized carbons (Fsp3) is 0.200. The summed E-state index contributed by atoms with van der Waals surface area (Å²) in [5, 5.41) is 11.0. The lowest BCUT2D eigenvalue weighted by Gasteiger charge is -2.23. The molecule has 158 valence electrons. The van der Waals surface area contributed by atoms with E-state index in [-0.39, 0.29) is 17.9 Å². The molecule has 1 atom stereocenters. The van der Waals surface area contributed by atoms with Crippen LogP contribution < -0.4 is 4.74 Å². The summed E-state index contributed by atoms with van der Waals surface area (Å²) in [4.78, 5) is 27.3. The molecule has 1 aromatic heterocycles. The van der Waals surface area contributed by atoms with Gasteiger partial charge in [-0.3, -0.25) is 9.59 Å². The molecule has 2 aromatic carbocycles. The van der Waals surface area contributed by atoms with Gasteiger partial charge in [0.25, 0.3) is 11.7 Å². The predicted molar refractivity (Wildman–Crippen MR) is 115 cm³/mol. The maximum absolute atomic E-state index is 13.0. The minimum atomic E-state index is -0.817. The van der Waals surface area contributed by atoms with Crippen LogP contribution in [0.5, 0.6) is 5.75 Å². The Kier molecular flexibility index (Phi) is 5.62. The number of aliphatic hydroxyl groups is 1. The van der Waals surface area contributed by atoms with Crippen LogP contribution in [-0.2, 0) is 16.1 Å². The number of ether oxygens (including phenoxy) is 1. The molecule has 6 heteroatoms. The van der Waals surface area contributed by atoms with E-state index in [1.807, 2.05) is 50.2 Å². The normalized spacial score (nSPS) is 17.9. The maximum atomic E-state index is 13.0. The number of ketones is 1. The molecule has 1 amide bonds. The molecular weight excluding hydrogens is 394 g/mol. The minimum absolute atomic E-state index is 0.0229. The van der Waals surface area contributed by atoms with E-state index >= 15 is 0 Å². The molecule has 0 radical (unpaired) electrons. The molecule has 1 saturated heterocycles. The van der Waals surface area contributed by atoms with Crippen LogP contribution in [0.4, 0.5) is 0 Å². The van der Waals surface area contributed by atoms with E-state index in [0.29, 0.717) is 17.9 Å². The molecule has 1 unspecified atom stereocenters. The molecule has 0 spiro atoms. The van der Waals surface area contributed by atoms with Gasteiger partial charge in [0.05, 0.1) is 18.4 Å². The smallest absolute Gasteiger partial charge is 0.296 e. The second-order valence-corrected chi connectivity index (χ2v) is 7.39. The van der Waals surface area contributed by atoms with Crippen molar-refractivity contribution in [2.24, 2.45) is 0 Å². The molecule has 31 heavy (non-hydrogen) atoms. The third-order valence-electron chi connectivity index (χ3n) is 5.26. The summed E-state index contributed by atoms with van der Waals surface area (Å²) in [5.74, 6) is -0.475. The van der Waals surface area contributed by atoms with E-state index in [9.17, 15) is 14.7 Å².